The number of allylic oxidation sites excluding steroid dienone is 4. The number of carbonyl (C=O) groups excluding carboxylic acids is 1. The first kappa shape index (κ1) is 8.32. The van der Waals surface area contributed by atoms with Crippen molar-refractivity contribution in [1.82, 2.24) is 0 Å². The van der Waals surface area contributed by atoms with Crippen molar-refractivity contribution in [3.63, 3.8) is 0 Å². The lowest BCUT2D eigenvalue weighted by atomic mass is 9.76. The fraction of sp³-hybridized carbons (Fsp3) is 0.643. The first-order chi connectivity index (χ1) is 7.36. The zero-order chi connectivity index (χ0) is 9.99. The molecule has 4 aliphatic carbocycles. The average molecular weight is 200 g/mol. The molecule has 0 saturated heterocycles. The van der Waals surface area contributed by atoms with Gasteiger partial charge in [-0.2, -0.15) is 0 Å². The summed E-state index contributed by atoms with van der Waals surface area (Å²) in [5.74, 6) is 4.15. The van der Waals surface area contributed by atoms with Gasteiger partial charge in [0.05, 0.1) is 0 Å². The zero-order valence-electron chi connectivity index (χ0n) is 8.80. The number of fused-ring (bicyclic) bond motifs is 7. The van der Waals surface area contributed by atoms with Crippen LogP contribution in [-0.2, 0) is 4.79 Å². The maximum absolute atomic E-state index is 12.3. The van der Waals surface area contributed by atoms with Gasteiger partial charge >= 0.3 is 0 Å². The number of Topliss-reactive ketones (excluding diaryl/α,β-unsaturated/α-hetero) is 1. The number of hydrogen-bond donors (Lipinski definition) is 0. The fourth-order valence-electron chi connectivity index (χ4n) is 4.68. The Balaban J connectivity index is 1.78. The van der Waals surface area contributed by atoms with Crippen LogP contribution in [0.2, 0.25) is 0 Å². The monoisotopic (exact) mass is 200 g/mol. The van der Waals surface area contributed by atoms with Gasteiger partial charge in [-0.3, -0.25) is 4.79 Å². The van der Waals surface area contributed by atoms with E-state index >= 15 is 0 Å². The fourth-order valence-corrected chi connectivity index (χ4v) is 4.68. The van der Waals surface area contributed by atoms with Gasteiger partial charge in [0.15, 0.2) is 0 Å². The third-order valence-electron chi connectivity index (χ3n) is 5.19. The van der Waals surface area contributed by atoms with Crippen molar-refractivity contribution in [1.29, 1.82) is 0 Å². The highest BCUT2D eigenvalue weighted by molar-refractivity contribution is 5.88. The van der Waals surface area contributed by atoms with E-state index in [-0.39, 0.29) is 0 Å². The zero-order valence-corrected chi connectivity index (χ0v) is 8.80. The Bertz CT molecular complexity index is 379. The molecule has 6 atom stereocenters. The minimum Gasteiger partial charge on any atom is -0.299 e. The summed E-state index contributed by atoms with van der Waals surface area (Å²) >= 11 is 0. The molecular formula is C14H16O. The van der Waals surface area contributed by atoms with Crippen molar-refractivity contribution >= 4 is 5.78 Å². The van der Waals surface area contributed by atoms with Gasteiger partial charge in [0, 0.05) is 11.8 Å². The third kappa shape index (κ3) is 0.878. The van der Waals surface area contributed by atoms with Crippen molar-refractivity contribution in [2.45, 2.75) is 19.3 Å². The lowest BCUT2D eigenvalue weighted by molar-refractivity contribution is -0.125. The molecule has 0 N–H and O–H groups in total. The van der Waals surface area contributed by atoms with Gasteiger partial charge in [-0.25, -0.2) is 0 Å². The molecule has 0 aromatic carbocycles. The van der Waals surface area contributed by atoms with Crippen molar-refractivity contribution in [3.05, 3.63) is 24.3 Å². The van der Waals surface area contributed by atoms with E-state index < -0.39 is 0 Å². The molecule has 2 fully saturated rings. The van der Waals surface area contributed by atoms with E-state index in [0.717, 1.165) is 18.8 Å². The topological polar surface area (TPSA) is 17.1 Å². The highest BCUT2D eigenvalue weighted by Crippen LogP contribution is 2.60. The van der Waals surface area contributed by atoms with Crippen LogP contribution in [0.4, 0.5) is 0 Å². The maximum atomic E-state index is 12.3. The van der Waals surface area contributed by atoms with Gasteiger partial charge in [0.1, 0.15) is 5.78 Å². The molecule has 15 heavy (non-hydrogen) atoms. The van der Waals surface area contributed by atoms with Gasteiger partial charge in [0.2, 0.25) is 0 Å². The Morgan fingerprint density at radius 2 is 1.87 bits per heavy atom. The van der Waals surface area contributed by atoms with Crippen LogP contribution in [0.3, 0.4) is 0 Å². The van der Waals surface area contributed by atoms with E-state index in [0.29, 0.717) is 35.4 Å². The van der Waals surface area contributed by atoms with Crippen LogP contribution in [0.25, 0.3) is 0 Å². The second-order valence-corrected chi connectivity index (χ2v) is 5.67. The largest absolute Gasteiger partial charge is 0.299 e. The second-order valence-electron chi connectivity index (χ2n) is 5.67. The molecule has 4 aliphatic rings. The first-order valence-corrected chi connectivity index (χ1v) is 6.23. The molecule has 0 aliphatic heterocycles. The molecule has 78 valence electrons. The smallest absolute Gasteiger partial charge is 0.140 e. The normalized spacial score (nSPS) is 54.8. The van der Waals surface area contributed by atoms with Gasteiger partial charge in [-0.15, -0.1) is 0 Å². The molecule has 1 nitrogen and oxygen atoms in total. The summed E-state index contributed by atoms with van der Waals surface area (Å²) in [6, 6.07) is 0. The lowest BCUT2D eigenvalue weighted by Gasteiger charge is -2.27. The van der Waals surface area contributed by atoms with Crippen LogP contribution in [-0.4, -0.2) is 5.78 Å². The van der Waals surface area contributed by atoms with Crippen LogP contribution >= 0.6 is 0 Å². The summed E-state index contributed by atoms with van der Waals surface area (Å²) < 4.78 is 0. The van der Waals surface area contributed by atoms with Gasteiger partial charge in [0.25, 0.3) is 0 Å². The van der Waals surface area contributed by atoms with Crippen LogP contribution < -0.4 is 0 Å². The SMILES string of the molecule is O=C1C2CC=CCC2[C@H]2C3C=CC(C3)C12. The number of ketones is 1. The third-order valence-corrected chi connectivity index (χ3v) is 5.19. The van der Waals surface area contributed by atoms with E-state index in [9.17, 15) is 4.79 Å². The molecule has 0 radical (unpaired) electrons. The summed E-state index contributed by atoms with van der Waals surface area (Å²) in [6.07, 6.45) is 12.7. The average Bonchev–Trinajstić information content (AvgIpc) is 2.92. The van der Waals surface area contributed by atoms with Crippen molar-refractivity contribution < 1.29 is 4.79 Å². The minimum absolute atomic E-state index is 0.384. The Labute approximate surface area is 90.2 Å². The molecule has 1 heteroatoms. The van der Waals surface area contributed by atoms with Crippen LogP contribution in [0.1, 0.15) is 19.3 Å². The van der Waals surface area contributed by atoms with Gasteiger partial charge in [-0.05, 0) is 42.9 Å². The van der Waals surface area contributed by atoms with E-state index in [1.807, 2.05) is 0 Å². The molecule has 2 saturated carbocycles. The van der Waals surface area contributed by atoms with Crippen LogP contribution in [0.5, 0.6) is 0 Å². The molecule has 0 aromatic rings. The van der Waals surface area contributed by atoms with Crippen LogP contribution in [0.15, 0.2) is 24.3 Å². The quantitative estimate of drug-likeness (QED) is 0.549. The summed E-state index contributed by atoms with van der Waals surface area (Å²) in [5, 5.41) is 0. The molecule has 5 unspecified atom stereocenters. The summed E-state index contributed by atoms with van der Waals surface area (Å²) in [6.45, 7) is 0. The summed E-state index contributed by atoms with van der Waals surface area (Å²) in [7, 11) is 0. The highest BCUT2D eigenvalue weighted by Gasteiger charge is 2.59. The molecular weight excluding hydrogens is 184 g/mol. The number of rotatable bonds is 0. The predicted octanol–water partition coefficient (Wildman–Crippen LogP) is 2.59. The number of carbonyl (C=O) groups is 1. The van der Waals surface area contributed by atoms with Crippen LogP contribution in [0, 0.1) is 35.5 Å². The highest BCUT2D eigenvalue weighted by atomic mass is 16.1. The lowest BCUT2D eigenvalue weighted by Crippen LogP contribution is -2.22. The number of hydrogen-bond acceptors (Lipinski definition) is 1. The predicted molar refractivity (Wildman–Crippen MR) is 58.1 cm³/mol. The maximum Gasteiger partial charge on any atom is 0.140 e. The molecule has 2 bridgehead atoms. The Morgan fingerprint density at radius 3 is 2.80 bits per heavy atom. The standard InChI is InChI=1S/C14H16O/c15-14-11-4-2-1-3-10(11)12-8-5-6-9(7-8)13(12)14/h1-2,5-6,8-13H,3-4,7H2/t8?,9?,10?,11?,12-,13?/m1/s1. The van der Waals surface area contributed by atoms with E-state index in [1.54, 1.807) is 0 Å². The Hall–Kier alpha value is -0.850. The first-order valence-electron chi connectivity index (χ1n) is 6.23. The Kier molecular flexibility index (Phi) is 1.46. The molecule has 4 rings (SSSR count). The van der Waals surface area contributed by atoms with Crippen molar-refractivity contribution in [2.75, 3.05) is 0 Å². The molecule has 0 aromatic heterocycles. The van der Waals surface area contributed by atoms with Crippen molar-refractivity contribution in [2.24, 2.45) is 35.5 Å². The van der Waals surface area contributed by atoms with E-state index in [4.69, 9.17) is 0 Å². The summed E-state index contributed by atoms with van der Waals surface area (Å²) in [5.41, 5.74) is 0. The van der Waals surface area contributed by atoms with Gasteiger partial charge < -0.3 is 0 Å². The van der Waals surface area contributed by atoms with Gasteiger partial charge in [-0.1, -0.05) is 24.3 Å². The minimum atomic E-state index is 0.384. The summed E-state index contributed by atoms with van der Waals surface area (Å²) in [4.78, 5) is 12.3. The van der Waals surface area contributed by atoms with E-state index in [2.05, 4.69) is 24.3 Å². The second kappa shape index (κ2) is 2.63. The van der Waals surface area contributed by atoms with Crippen molar-refractivity contribution in [3.8, 4) is 0 Å². The van der Waals surface area contributed by atoms with E-state index in [1.165, 1.54) is 6.42 Å². The Morgan fingerprint density at radius 1 is 1.07 bits per heavy atom. The molecule has 0 spiro atoms. The molecule has 0 amide bonds. The molecule has 0 heterocycles.